The molecule has 0 N–H and O–H groups in total. The summed E-state index contributed by atoms with van der Waals surface area (Å²) in [6, 6.07) is 0. The molecule has 582 valence electrons. The van der Waals surface area contributed by atoms with Gasteiger partial charge in [0.15, 0.2) is 52.4 Å². The third kappa shape index (κ3) is 11.5. The van der Waals surface area contributed by atoms with Crippen LogP contribution in [0.25, 0.3) is 0 Å². The average molecular weight is 1750 g/mol. The smallest absolute Gasteiger partial charge is 0.367 e. The average Bonchev–Trinajstić information content (AvgIpc) is 0.645. The van der Waals surface area contributed by atoms with E-state index >= 15 is 149 Å². The van der Waals surface area contributed by atoms with Crippen LogP contribution >= 0.6 is 22.6 Å². The normalized spacial score (nSPS) is 17.9. The lowest BCUT2D eigenvalue weighted by Gasteiger charge is -2.59. The zero-order chi connectivity index (χ0) is 81.3. The Balaban J connectivity index is 4.89. The van der Waals surface area contributed by atoms with Crippen LogP contribution in [0, 0.1) is 58.2 Å². The summed E-state index contributed by atoms with van der Waals surface area (Å²) in [6.07, 6.45) is -108. The molecule has 2 aromatic carbocycles. The molecule has 3 atom stereocenters. The Hall–Kier alpha value is -4.92. The molecule has 0 radical (unpaired) electrons. The van der Waals surface area contributed by atoms with Gasteiger partial charge in [-0.05, 0) is 42.0 Å². The van der Waals surface area contributed by atoms with Crippen molar-refractivity contribution in [1.82, 2.24) is 0 Å². The predicted octanol–water partition coefficient (Wildman–Crippen LogP) is 20.3. The predicted molar refractivity (Wildman–Crippen MR) is 214 cm³/mol. The molecule has 2 aromatic rings. The molecule has 0 aliphatic rings. The maximum atomic E-state index is 19.0. The molecule has 100 heavy (non-hydrogen) atoms. The number of hydrogen-bond donors (Lipinski definition) is 0. The Labute approximate surface area is 521 Å². The fourth-order valence-corrected chi connectivity index (χ4v) is 18.7. The van der Waals surface area contributed by atoms with Crippen LogP contribution < -0.4 is 10.4 Å². The molecular formula is C39H7F56IO2Si2. The highest BCUT2D eigenvalue weighted by molar-refractivity contribution is 14.1. The monoisotopic (exact) mass is 1750 g/mol. The van der Waals surface area contributed by atoms with Crippen molar-refractivity contribution in [3.63, 3.8) is 0 Å². The fraction of sp³-hybridized carbons (Fsp3) is 0.590. The maximum Gasteiger partial charge on any atom is 0.460 e. The molecule has 0 aliphatic heterocycles. The zero-order valence-corrected chi connectivity index (χ0v) is 48.1. The molecule has 0 bridgehead atoms. The van der Waals surface area contributed by atoms with Crippen molar-refractivity contribution in [2.45, 2.75) is 138 Å². The van der Waals surface area contributed by atoms with Crippen LogP contribution in [-0.4, -0.2) is 136 Å². The molecule has 3 unspecified atom stereocenters. The highest BCUT2D eigenvalue weighted by Crippen LogP contribution is 2.76. The van der Waals surface area contributed by atoms with Gasteiger partial charge in [0, 0.05) is 0 Å². The number of halogens is 57. The van der Waals surface area contributed by atoms with Gasteiger partial charge in [0.25, 0.3) is 10.9 Å². The summed E-state index contributed by atoms with van der Waals surface area (Å²) < 4.78 is 869. The lowest BCUT2D eigenvalue weighted by molar-refractivity contribution is -0.432. The zero-order valence-electron chi connectivity index (χ0n) is 43.9. The summed E-state index contributed by atoms with van der Waals surface area (Å²) in [7, 11) is -30.1. The van der Waals surface area contributed by atoms with Gasteiger partial charge in [-0.2, -0.15) is 167 Å². The first-order valence-corrected chi connectivity index (χ1v) is 27.1. The summed E-state index contributed by atoms with van der Waals surface area (Å²) in [5.74, 6) is -130. The van der Waals surface area contributed by atoms with Crippen molar-refractivity contribution < 1.29 is 255 Å². The summed E-state index contributed by atoms with van der Waals surface area (Å²) >= 11 is -1.89. The number of hydrogen-bond acceptors (Lipinski definition) is 2. The van der Waals surface area contributed by atoms with Gasteiger partial charge in [-0.15, -0.1) is 0 Å². The molecule has 0 saturated heterocycles. The van der Waals surface area contributed by atoms with E-state index in [-0.39, 0.29) is 0 Å². The van der Waals surface area contributed by atoms with Gasteiger partial charge >= 0.3 is 130 Å². The number of alkyl halides is 45. The van der Waals surface area contributed by atoms with Gasteiger partial charge in [-0.25, -0.2) is 79.0 Å². The second-order valence-corrected chi connectivity index (χ2v) is 26.8. The second kappa shape index (κ2) is 24.9. The maximum absolute atomic E-state index is 19.0. The molecule has 0 heterocycles. The highest BCUT2D eigenvalue weighted by Gasteiger charge is 3.10. The van der Waals surface area contributed by atoms with Crippen LogP contribution in [0.4, 0.5) is 246 Å². The first-order valence-electron chi connectivity index (χ1n) is 22.2. The van der Waals surface area contributed by atoms with Crippen molar-refractivity contribution in [2.24, 2.45) is 0 Å². The molecule has 0 fully saturated rings. The minimum Gasteiger partial charge on any atom is -0.367 e. The first-order chi connectivity index (χ1) is 43.1. The molecule has 61 heteroatoms. The van der Waals surface area contributed by atoms with Crippen molar-refractivity contribution in [3.05, 3.63) is 79.2 Å². The molecule has 2 nitrogen and oxygen atoms in total. The van der Waals surface area contributed by atoms with Gasteiger partial charge < -0.3 is 8.85 Å². The summed E-state index contributed by atoms with van der Waals surface area (Å²) in [5.41, 5.74) is -30.2. The van der Waals surface area contributed by atoms with Crippen LogP contribution in [0.3, 0.4) is 0 Å². The largest absolute Gasteiger partial charge is 0.460 e. The van der Waals surface area contributed by atoms with Crippen molar-refractivity contribution >= 4 is 49.6 Å². The van der Waals surface area contributed by atoms with Crippen LogP contribution in [0.5, 0.6) is 0 Å². The van der Waals surface area contributed by atoms with E-state index in [1.807, 2.05) is 0 Å². The van der Waals surface area contributed by atoms with Crippen LogP contribution in [-0.2, 0) is 8.85 Å². The second-order valence-electron chi connectivity index (χ2n) is 18.8. The molecule has 0 amide bonds. The Kier molecular flexibility index (Phi) is 22.7. The molecular weight excluding hydrogens is 1750 g/mol. The number of rotatable bonds is 18. The van der Waals surface area contributed by atoms with E-state index < -0.39 is 267 Å². The van der Waals surface area contributed by atoms with E-state index in [2.05, 4.69) is 0 Å². The van der Waals surface area contributed by atoms with Gasteiger partial charge in [0.2, 0.25) is 11.6 Å². The Morgan fingerprint density at radius 3 is 0.810 bits per heavy atom. The third-order valence-electron chi connectivity index (χ3n) is 13.4. The summed E-state index contributed by atoms with van der Waals surface area (Å²) in [4.78, 5) is 0. The minimum absolute atomic E-state index is 0.903. The van der Waals surface area contributed by atoms with E-state index in [4.69, 9.17) is 0 Å². The van der Waals surface area contributed by atoms with E-state index in [9.17, 15) is 96.6 Å². The topological polar surface area (TPSA) is 18.5 Å². The van der Waals surface area contributed by atoms with Crippen molar-refractivity contribution in [2.75, 3.05) is 0 Å². The van der Waals surface area contributed by atoms with Crippen LogP contribution in [0.1, 0.15) is 13.8 Å². The Morgan fingerprint density at radius 2 is 0.600 bits per heavy atom. The number of benzene rings is 2. The lowest BCUT2D eigenvalue weighted by Crippen LogP contribution is -2.96. The summed E-state index contributed by atoms with van der Waals surface area (Å²) in [5, 5.41) is -48.8. The quantitative estimate of drug-likeness (QED) is 0.0370. The molecule has 0 spiro atoms. The molecule has 0 saturated carbocycles. The standard InChI is InChI=1S/C39H7F56IO2Si2/c1-3-4(2)20(53,97-100(28(65,35(82,83)84)36(85,86)87,29(66,37(88,89)90)38(91,92)93)39(94,95)26(62,63)24(58,59)25(60,61)34(79,80)81)22(57,30(67,68)69)27(64,19(51,52)17(50)18(96)21(54,55)56)98-99(15-11(46)7(42)5(40)8(43)12(15)47,16-13(48)9(44)6(41)10(45)14(16)49)23(31(70,71)72,32(73,74)75)33(76,77)78/h3H,1-2H3/b4-3+,18-17+. The molecule has 0 aliphatic carbocycles. The SMILES string of the molecule is C/C=C(\C)C(F)(O[Si](C(F)(F)C(F)(F)C(F)(F)C(F)(F)C(F)(F)F)(C(F)(C(F)(F)F)C(F)(F)F)C(F)(C(F)(F)F)C(F)(F)F)C(F)(C(F)(F)F)C(F)(O[Si](c1c(F)c(F)c(F)c(F)c1F)(c1c(F)c(F)c(F)c(F)c1F)C(C(F)(F)F)(C(F)(F)F)C(F)(F)F)C(F)(F)/C(F)=C(\I)C(F)(F)F. The van der Waals surface area contributed by atoms with Gasteiger partial charge in [-0.3, -0.25) is 0 Å². The summed E-state index contributed by atoms with van der Waals surface area (Å²) in [6.45, 7) is -4.17. The van der Waals surface area contributed by atoms with E-state index in [0.717, 1.165) is 4.43 Å². The van der Waals surface area contributed by atoms with Crippen LogP contribution in [0.15, 0.2) is 21.1 Å². The molecule has 2 rings (SSSR count). The molecule has 0 aromatic heterocycles. The van der Waals surface area contributed by atoms with Gasteiger partial charge in [0.1, 0.15) is 3.58 Å². The van der Waals surface area contributed by atoms with E-state index in [1.165, 1.54) is 0 Å². The van der Waals surface area contributed by atoms with Crippen molar-refractivity contribution in [3.8, 4) is 0 Å². The van der Waals surface area contributed by atoms with Gasteiger partial charge in [-0.1, -0.05) is 6.08 Å². The Morgan fingerprint density at radius 1 is 0.340 bits per heavy atom. The minimum atomic E-state index is -16.0. The van der Waals surface area contributed by atoms with Crippen LogP contribution in [0.2, 0.25) is 5.04 Å². The Bertz CT molecular complexity index is 3260. The lowest BCUT2D eigenvalue weighted by atomic mass is 9.79. The first kappa shape index (κ1) is 91.2. The third-order valence-corrected chi connectivity index (χ3v) is 24.1. The number of allylic oxidation sites excluding steroid dienone is 2. The highest BCUT2D eigenvalue weighted by atomic mass is 127. The van der Waals surface area contributed by atoms with E-state index in [1.54, 1.807) is 4.43 Å². The fourth-order valence-electron chi connectivity index (χ4n) is 8.73. The van der Waals surface area contributed by atoms with Crippen molar-refractivity contribution in [1.29, 1.82) is 0 Å². The van der Waals surface area contributed by atoms with E-state index in [0.29, 0.717) is 0 Å². The van der Waals surface area contributed by atoms with Gasteiger partial charge in [0.05, 0.1) is 10.4 Å².